The summed E-state index contributed by atoms with van der Waals surface area (Å²) in [6.45, 7) is 3.18. The molecule has 0 radical (unpaired) electrons. The molecule has 0 aromatic carbocycles. The van der Waals surface area contributed by atoms with Crippen molar-refractivity contribution < 1.29 is 4.74 Å². The van der Waals surface area contributed by atoms with Crippen LogP contribution in [0.3, 0.4) is 0 Å². The normalized spacial score (nSPS) is 41.6. The zero-order valence-electron chi connectivity index (χ0n) is 9.79. The third-order valence-electron chi connectivity index (χ3n) is 4.83. The van der Waals surface area contributed by atoms with Crippen LogP contribution in [-0.2, 0) is 4.74 Å². The van der Waals surface area contributed by atoms with Crippen LogP contribution in [0.1, 0.15) is 32.1 Å². The van der Waals surface area contributed by atoms with Gasteiger partial charge in [0, 0.05) is 13.2 Å². The quantitative estimate of drug-likeness (QED) is 0.552. The lowest BCUT2D eigenvalue weighted by atomic mass is 9.28. The van der Waals surface area contributed by atoms with E-state index in [1.165, 1.54) is 37.3 Å². The van der Waals surface area contributed by atoms with Gasteiger partial charge >= 0.3 is 0 Å². The Morgan fingerprint density at radius 1 is 0.733 bits per heavy atom. The second kappa shape index (κ2) is 4.49. The lowest BCUT2D eigenvalue weighted by Gasteiger charge is -2.48. The van der Waals surface area contributed by atoms with Crippen molar-refractivity contribution in [2.45, 2.75) is 51.1 Å². The maximum atomic E-state index is 4.94. The van der Waals surface area contributed by atoms with Gasteiger partial charge < -0.3 is 4.74 Å². The fraction of sp³-hybridized carbons (Fsp3) is 1.00. The van der Waals surface area contributed by atoms with E-state index in [1.54, 1.807) is 38.2 Å². The number of rotatable bonds is 0. The minimum Gasteiger partial charge on any atom is -0.381 e. The maximum Gasteiger partial charge on any atom is 0.140 e. The molecule has 5 fully saturated rings. The molecule has 1 aliphatic carbocycles. The summed E-state index contributed by atoms with van der Waals surface area (Å²) in [5, 5.41) is 0. The Hall–Kier alpha value is 0.0249. The van der Waals surface area contributed by atoms with E-state index in [9.17, 15) is 0 Å². The molecule has 0 N–H and O–H groups in total. The SMILES string of the molecule is C1B2CC3CC1CC(C2)C3.C1CCOC1. The second-order valence-corrected chi connectivity index (χ2v) is 6.20. The number of ether oxygens (including phenoxy) is 1. The fourth-order valence-corrected chi connectivity index (χ4v) is 4.49. The molecule has 0 aromatic heterocycles. The molecular weight excluding hydrogens is 183 g/mol. The summed E-state index contributed by atoms with van der Waals surface area (Å²) in [5.41, 5.74) is 0. The topological polar surface area (TPSA) is 9.23 Å². The van der Waals surface area contributed by atoms with E-state index in [0.29, 0.717) is 0 Å². The van der Waals surface area contributed by atoms with Crippen LogP contribution in [0.2, 0.25) is 19.0 Å². The summed E-state index contributed by atoms with van der Waals surface area (Å²) in [6.07, 6.45) is 12.2. The Labute approximate surface area is 94.0 Å². The van der Waals surface area contributed by atoms with Crippen LogP contribution >= 0.6 is 0 Å². The van der Waals surface area contributed by atoms with Crippen LogP contribution in [0.4, 0.5) is 0 Å². The van der Waals surface area contributed by atoms with E-state index in [1.807, 2.05) is 0 Å². The van der Waals surface area contributed by atoms with Crippen molar-refractivity contribution in [3.05, 3.63) is 0 Å². The number of hydrogen-bond donors (Lipinski definition) is 0. The van der Waals surface area contributed by atoms with Gasteiger partial charge in [0.15, 0.2) is 0 Å². The minimum atomic E-state index is 1.00. The van der Waals surface area contributed by atoms with Gasteiger partial charge in [0.1, 0.15) is 6.71 Å². The van der Waals surface area contributed by atoms with Crippen molar-refractivity contribution >= 4 is 6.71 Å². The van der Waals surface area contributed by atoms with Crippen molar-refractivity contribution in [2.24, 2.45) is 17.8 Å². The molecule has 5 aliphatic rings. The van der Waals surface area contributed by atoms with E-state index in [-0.39, 0.29) is 0 Å². The first kappa shape index (κ1) is 10.2. The van der Waals surface area contributed by atoms with Crippen molar-refractivity contribution in [1.82, 2.24) is 0 Å². The highest BCUT2D eigenvalue weighted by molar-refractivity contribution is 6.59. The summed E-state index contributed by atoms with van der Waals surface area (Å²) >= 11 is 0. The molecule has 2 heteroatoms. The lowest BCUT2D eigenvalue weighted by Crippen LogP contribution is -2.42. The Balaban J connectivity index is 0.000000123. The van der Waals surface area contributed by atoms with Gasteiger partial charge in [0.25, 0.3) is 0 Å². The van der Waals surface area contributed by atoms with Crippen LogP contribution in [0.15, 0.2) is 0 Å². The van der Waals surface area contributed by atoms with Gasteiger partial charge in [-0.25, -0.2) is 0 Å². The van der Waals surface area contributed by atoms with Gasteiger partial charge in [-0.3, -0.25) is 0 Å². The third-order valence-corrected chi connectivity index (χ3v) is 4.83. The molecule has 4 aliphatic heterocycles. The van der Waals surface area contributed by atoms with Crippen LogP contribution < -0.4 is 0 Å². The monoisotopic (exact) mass is 206 g/mol. The Morgan fingerprint density at radius 2 is 1.20 bits per heavy atom. The van der Waals surface area contributed by atoms with E-state index >= 15 is 0 Å². The average Bonchev–Trinajstić information content (AvgIpc) is 2.72. The third kappa shape index (κ3) is 2.41. The predicted molar refractivity (Wildman–Crippen MR) is 64.5 cm³/mol. The molecule has 0 spiro atoms. The van der Waals surface area contributed by atoms with Crippen LogP contribution in [0.5, 0.6) is 0 Å². The molecule has 1 saturated carbocycles. The van der Waals surface area contributed by atoms with Crippen molar-refractivity contribution in [3.63, 3.8) is 0 Å². The molecule has 0 aromatic rings. The Kier molecular flexibility index (Phi) is 3.05. The molecule has 5 rings (SSSR count). The molecule has 4 bridgehead atoms. The Morgan fingerprint density at radius 3 is 1.47 bits per heavy atom. The van der Waals surface area contributed by atoms with Crippen molar-refractivity contribution in [3.8, 4) is 0 Å². The smallest absolute Gasteiger partial charge is 0.140 e. The molecule has 4 heterocycles. The predicted octanol–water partition coefficient (Wildman–Crippen LogP) is 3.34. The van der Waals surface area contributed by atoms with Gasteiger partial charge in [-0.05, 0) is 49.9 Å². The highest BCUT2D eigenvalue weighted by Gasteiger charge is 2.43. The van der Waals surface area contributed by atoms with E-state index in [2.05, 4.69) is 0 Å². The van der Waals surface area contributed by atoms with E-state index in [4.69, 9.17) is 4.74 Å². The van der Waals surface area contributed by atoms with E-state index < -0.39 is 0 Å². The maximum absolute atomic E-state index is 4.94. The minimum absolute atomic E-state index is 1.00. The molecule has 15 heavy (non-hydrogen) atoms. The molecule has 84 valence electrons. The van der Waals surface area contributed by atoms with Gasteiger partial charge in [-0.1, -0.05) is 19.0 Å². The number of hydrogen-bond acceptors (Lipinski definition) is 1. The van der Waals surface area contributed by atoms with Crippen LogP contribution in [0, 0.1) is 17.8 Å². The molecule has 1 nitrogen and oxygen atoms in total. The van der Waals surface area contributed by atoms with Crippen molar-refractivity contribution in [2.75, 3.05) is 13.2 Å². The zero-order chi connectivity index (χ0) is 10.1. The van der Waals surface area contributed by atoms with Gasteiger partial charge in [-0.15, -0.1) is 0 Å². The highest BCUT2D eigenvalue weighted by Crippen LogP contribution is 2.51. The van der Waals surface area contributed by atoms with Crippen LogP contribution in [0.25, 0.3) is 0 Å². The summed E-state index contributed by atoms with van der Waals surface area (Å²) in [6, 6.07) is 0. The first-order valence-electron chi connectivity index (χ1n) is 6.98. The molecule has 0 atom stereocenters. The summed E-state index contributed by atoms with van der Waals surface area (Å²) in [4.78, 5) is 0. The van der Waals surface area contributed by atoms with Gasteiger partial charge in [0.05, 0.1) is 0 Å². The summed E-state index contributed by atoms with van der Waals surface area (Å²) in [7, 11) is 0. The molecule has 4 saturated heterocycles. The van der Waals surface area contributed by atoms with Crippen molar-refractivity contribution in [1.29, 1.82) is 0 Å². The zero-order valence-corrected chi connectivity index (χ0v) is 9.79. The first-order valence-corrected chi connectivity index (χ1v) is 6.98. The lowest BCUT2D eigenvalue weighted by molar-refractivity contribution is 0.194. The summed E-state index contributed by atoms with van der Waals surface area (Å²) < 4.78 is 4.94. The standard InChI is InChI=1S/C9H15B.C4H8O/c1-7-2-9-3-8(1)5-10(4-7)6-9;1-2-4-5-3-1/h7-9H,1-6H2;1-4H2. The van der Waals surface area contributed by atoms with Gasteiger partial charge in [0.2, 0.25) is 0 Å². The first-order chi connectivity index (χ1) is 7.40. The molecular formula is C13H23BO. The second-order valence-electron chi connectivity index (χ2n) is 6.20. The molecule has 0 amide bonds. The van der Waals surface area contributed by atoms with Gasteiger partial charge in [-0.2, -0.15) is 0 Å². The fourth-order valence-electron chi connectivity index (χ4n) is 4.49. The average molecular weight is 206 g/mol. The highest BCUT2D eigenvalue weighted by atomic mass is 16.5. The Bertz CT molecular complexity index is 148. The largest absolute Gasteiger partial charge is 0.381 e. The van der Waals surface area contributed by atoms with Crippen LogP contribution in [-0.4, -0.2) is 19.9 Å². The molecule has 0 unspecified atom stereocenters. The van der Waals surface area contributed by atoms with E-state index in [0.717, 1.165) is 13.2 Å². The summed E-state index contributed by atoms with van der Waals surface area (Å²) in [5.74, 6) is 3.53.